The van der Waals surface area contributed by atoms with E-state index in [1.807, 2.05) is 0 Å². The maximum Gasteiger partial charge on any atom is 0.166 e. The first-order valence-corrected chi connectivity index (χ1v) is 4.06. The van der Waals surface area contributed by atoms with E-state index in [2.05, 4.69) is 32.9 Å². The molecule has 0 unspecified atom stereocenters. The van der Waals surface area contributed by atoms with Crippen LogP contribution in [0.25, 0.3) is 0 Å². The Bertz CT molecular complexity index is 277. The molecular formula is C7H4BrFOS. The molecule has 58 valence electrons. The summed E-state index contributed by atoms with van der Waals surface area (Å²) in [5.41, 5.74) is 1.02. The van der Waals surface area contributed by atoms with Crippen molar-refractivity contribution in [2.45, 2.75) is 0 Å². The van der Waals surface area contributed by atoms with Crippen molar-refractivity contribution in [1.29, 1.82) is 0 Å². The number of benzene rings is 1. The van der Waals surface area contributed by atoms with Gasteiger partial charge in [-0.15, -0.1) is 0 Å². The SMILES string of the molecule is Fc1cc(Br)ccc1OC=S. The van der Waals surface area contributed by atoms with Gasteiger partial charge in [0, 0.05) is 4.47 Å². The first-order chi connectivity index (χ1) is 5.24. The van der Waals surface area contributed by atoms with Gasteiger partial charge in [-0.1, -0.05) is 15.9 Å². The summed E-state index contributed by atoms with van der Waals surface area (Å²) in [7, 11) is 0. The van der Waals surface area contributed by atoms with Crippen LogP contribution in [0.1, 0.15) is 0 Å². The summed E-state index contributed by atoms with van der Waals surface area (Å²) >= 11 is 7.52. The Morgan fingerprint density at radius 1 is 1.55 bits per heavy atom. The van der Waals surface area contributed by atoms with Crippen LogP contribution in [-0.4, -0.2) is 5.55 Å². The minimum absolute atomic E-state index is 0.142. The Morgan fingerprint density at radius 2 is 2.27 bits per heavy atom. The van der Waals surface area contributed by atoms with Crippen LogP contribution in [0.5, 0.6) is 5.75 Å². The highest BCUT2D eigenvalue weighted by atomic mass is 79.9. The molecule has 0 spiro atoms. The summed E-state index contributed by atoms with van der Waals surface area (Å²) in [6.45, 7) is 0. The number of thiocarbonyl (C=S) groups is 1. The van der Waals surface area contributed by atoms with Gasteiger partial charge in [0.15, 0.2) is 17.1 Å². The third kappa shape index (κ3) is 2.24. The molecular weight excluding hydrogens is 231 g/mol. The smallest absolute Gasteiger partial charge is 0.166 e. The monoisotopic (exact) mass is 234 g/mol. The van der Waals surface area contributed by atoms with Crippen LogP contribution in [0.15, 0.2) is 22.7 Å². The van der Waals surface area contributed by atoms with E-state index < -0.39 is 5.82 Å². The fraction of sp³-hybridized carbons (Fsp3) is 0. The molecule has 0 N–H and O–H groups in total. The summed E-state index contributed by atoms with van der Waals surface area (Å²) in [6.07, 6.45) is 0. The second-order valence-corrected chi connectivity index (χ2v) is 2.90. The molecule has 0 aliphatic rings. The Labute approximate surface area is 77.3 Å². The molecule has 0 bridgehead atoms. The lowest BCUT2D eigenvalue weighted by atomic mass is 10.3. The fourth-order valence-electron chi connectivity index (χ4n) is 0.623. The molecule has 0 radical (unpaired) electrons. The average molecular weight is 235 g/mol. The van der Waals surface area contributed by atoms with Crippen molar-refractivity contribution in [3.63, 3.8) is 0 Å². The highest BCUT2D eigenvalue weighted by Gasteiger charge is 2.01. The Kier molecular flexibility index (Phi) is 2.96. The summed E-state index contributed by atoms with van der Waals surface area (Å²) in [5, 5.41) is 0. The average Bonchev–Trinajstić information content (AvgIpc) is 1.95. The first-order valence-electron chi connectivity index (χ1n) is 2.79. The van der Waals surface area contributed by atoms with Crippen molar-refractivity contribution >= 4 is 33.7 Å². The van der Waals surface area contributed by atoms with Gasteiger partial charge in [0.25, 0.3) is 0 Å². The number of rotatable bonds is 2. The molecule has 1 aromatic carbocycles. The molecule has 0 atom stereocenters. The second kappa shape index (κ2) is 3.78. The Hall–Kier alpha value is -0.480. The number of hydrogen-bond acceptors (Lipinski definition) is 2. The van der Waals surface area contributed by atoms with Crippen LogP contribution >= 0.6 is 28.1 Å². The van der Waals surface area contributed by atoms with E-state index in [0.717, 1.165) is 5.55 Å². The molecule has 0 fully saturated rings. The van der Waals surface area contributed by atoms with Crippen LogP contribution in [0.2, 0.25) is 0 Å². The van der Waals surface area contributed by atoms with Crippen molar-refractivity contribution < 1.29 is 9.13 Å². The zero-order valence-corrected chi connectivity index (χ0v) is 7.78. The van der Waals surface area contributed by atoms with E-state index in [4.69, 9.17) is 0 Å². The summed E-state index contributed by atoms with van der Waals surface area (Å²) in [6, 6.07) is 4.49. The molecule has 1 rings (SSSR count). The maximum absolute atomic E-state index is 12.8. The molecule has 1 nitrogen and oxygen atoms in total. The lowest BCUT2D eigenvalue weighted by molar-refractivity contribution is 0.511. The molecule has 0 amide bonds. The van der Waals surface area contributed by atoms with Gasteiger partial charge in [-0.2, -0.15) is 0 Å². The number of ether oxygens (including phenoxy) is 1. The number of halogens is 2. The molecule has 0 heterocycles. The van der Waals surface area contributed by atoms with Gasteiger partial charge in [-0.25, -0.2) is 4.39 Å². The molecule has 11 heavy (non-hydrogen) atoms. The standard InChI is InChI=1S/C7H4BrFOS/c8-5-1-2-7(10-4-11)6(9)3-5/h1-4H. The van der Waals surface area contributed by atoms with Crippen molar-refractivity contribution in [3.05, 3.63) is 28.5 Å². The zero-order chi connectivity index (χ0) is 8.27. The van der Waals surface area contributed by atoms with Gasteiger partial charge in [-0.05, 0) is 30.4 Å². The third-order valence-corrected chi connectivity index (χ3v) is 1.66. The van der Waals surface area contributed by atoms with Gasteiger partial charge >= 0.3 is 0 Å². The normalized spacial score (nSPS) is 9.27. The van der Waals surface area contributed by atoms with Crippen molar-refractivity contribution in [2.24, 2.45) is 0 Å². The minimum Gasteiger partial charge on any atom is -0.451 e. The zero-order valence-electron chi connectivity index (χ0n) is 5.38. The van der Waals surface area contributed by atoms with Crippen LogP contribution in [0.4, 0.5) is 4.39 Å². The van der Waals surface area contributed by atoms with Crippen molar-refractivity contribution in [1.82, 2.24) is 0 Å². The predicted octanol–water partition coefficient (Wildman–Crippen LogP) is 2.92. The van der Waals surface area contributed by atoms with Gasteiger partial charge in [0.2, 0.25) is 0 Å². The predicted molar refractivity (Wildman–Crippen MR) is 48.4 cm³/mol. The molecule has 0 saturated carbocycles. The highest BCUT2D eigenvalue weighted by molar-refractivity contribution is 9.10. The Balaban J connectivity index is 2.98. The summed E-state index contributed by atoms with van der Waals surface area (Å²) in [5.74, 6) is -0.288. The molecule has 4 heteroatoms. The maximum atomic E-state index is 12.8. The van der Waals surface area contributed by atoms with Crippen molar-refractivity contribution in [3.8, 4) is 5.75 Å². The third-order valence-electron chi connectivity index (χ3n) is 1.07. The van der Waals surface area contributed by atoms with E-state index in [0.29, 0.717) is 4.47 Å². The van der Waals surface area contributed by atoms with Crippen LogP contribution < -0.4 is 4.74 Å². The quantitative estimate of drug-likeness (QED) is 0.729. The topological polar surface area (TPSA) is 9.23 Å². The molecule has 0 saturated heterocycles. The minimum atomic E-state index is -0.430. The van der Waals surface area contributed by atoms with Crippen LogP contribution in [-0.2, 0) is 0 Å². The van der Waals surface area contributed by atoms with E-state index >= 15 is 0 Å². The fourth-order valence-corrected chi connectivity index (χ4v) is 1.06. The van der Waals surface area contributed by atoms with E-state index in [-0.39, 0.29) is 5.75 Å². The summed E-state index contributed by atoms with van der Waals surface area (Å²) in [4.78, 5) is 0. The molecule has 0 aliphatic heterocycles. The lowest BCUT2D eigenvalue weighted by Crippen LogP contribution is -1.89. The van der Waals surface area contributed by atoms with Gasteiger partial charge in [0.05, 0.1) is 0 Å². The van der Waals surface area contributed by atoms with Crippen LogP contribution in [0.3, 0.4) is 0 Å². The first kappa shape index (κ1) is 8.62. The second-order valence-electron chi connectivity index (χ2n) is 1.79. The van der Waals surface area contributed by atoms with Crippen LogP contribution in [0, 0.1) is 5.82 Å². The molecule has 0 aromatic heterocycles. The van der Waals surface area contributed by atoms with E-state index in [9.17, 15) is 4.39 Å². The Morgan fingerprint density at radius 3 is 2.82 bits per heavy atom. The largest absolute Gasteiger partial charge is 0.451 e. The van der Waals surface area contributed by atoms with E-state index in [1.165, 1.54) is 12.1 Å². The lowest BCUT2D eigenvalue weighted by Gasteiger charge is -1.99. The molecule has 1 aromatic rings. The summed E-state index contributed by atoms with van der Waals surface area (Å²) < 4.78 is 18.2. The van der Waals surface area contributed by atoms with Gasteiger partial charge in [-0.3, -0.25) is 0 Å². The number of hydrogen-bond donors (Lipinski definition) is 0. The van der Waals surface area contributed by atoms with E-state index in [1.54, 1.807) is 6.07 Å². The highest BCUT2D eigenvalue weighted by Crippen LogP contribution is 2.20. The van der Waals surface area contributed by atoms with Crippen molar-refractivity contribution in [2.75, 3.05) is 0 Å². The van der Waals surface area contributed by atoms with Gasteiger partial charge < -0.3 is 4.74 Å². The van der Waals surface area contributed by atoms with Gasteiger partial charge in [0.1, 0.15) is 0 Å². The molecule has 0 aliphatic carbocycles.